The Hall–Kier alpha value is -3.19. The van der Waals surface area contributed by atoms with Gasteiger partial charge < -0.3 is 9.80 Å². The fourth-order valence-corrected chi connectivity index (χ4v) is 4.75. The molecule has 3 aromatic rings. The molecule has 0 amide bonds. The van der Waals surface area contributed by atoms with Crippen LogP contribution in [0.3, 0.4) is 0 Å². The average molecular weight is 448 g/mol. The van der Waals surface area contributed by atoms with Crippen LogP contribution in [0.2, 0.25) is 0 Å². The van der Waals surface area contributed by atoms with Gasteiger partial charge in [0.15, 0.2) is 0 Å². The standard InChI is InChI=1S/C18H22FN9O2S/c1-12-10-16(26(2)3)21-18(20-12)27-6-8-28(9-7-27)31(29,30)13-4-5-15(19)14(11-13)17-22-24-25-23-17/h4-5,10-11H,6-9H2,1-3H3,(H,22,23,24,25). The lowest BCUT2D eigenvalue weighted by Gasteiger charge is -2.34. The average Bonchev–Trinajstić information content (AvgIpc) is 3.28. The highest BCUT2D eigenvalue weighted by Crippen LogP contribution is 2.26. The van der Waals surface area contributed by atoms with Crippen LogP contribution in [-0.4, -0.2) is 83.6 Å². The molecule has 1 fully saturated rings. The molecule has 0 spiro atoms. The number of aromatic nitrogens is 6. The third-order valence-electron chi connectivity index (χ3n) is 4.97. The molecule has 11 nitrogen and oxygen atoms in total. The number of hydrogen-bond donors (Lipinski definition) is 1. The first-order valence-electron chi connectivity index (χ1n) is 9.57. The number of aryl methyl sites for hydroxylation is 1. The van der Waals surface area contributed by atoms with Crippen LogP contribution in [0.25, 0.3) is 11.4 Å². The van der Waals surface area contributed by atoms with Gasteiger partial charge in [0.1, 0.15) is 11.6 Å². The van der Waals surface area contributed by atoms with E-state index in [4.69, 9.17) is 0 Å². The molecular formula is C18H22FN9O2S. The topological polar surface area (TPSA) is 124 Å². The molecule has 0 bridgehead atoms. The fraction of sp³-hybridized carbons (Fsp3) is 0.389. The smallest absolute Gasteiger partial charge is 0.243 e. The fourth-order valence-electron chi connectivity index (χ4n) is 3.30. The van der Waals surface area contributed by atoms with Gasteiger partial charge in [-0.05, 0) is 30.3 Å². The van der Waals surface area contributed by atoms with Crippen LogP contribution in [0, 0.1) is 12.7 Å². The number of sulfonamides is 1. The maximum absolute atomic E-state index is 14.2. The van der Waals surface area contributed by atoms with Crippen molar-refractivity contribution in [2.45, 2.75) is 11.8 Å². The van der Waals surface area contributed by atoms with Crippen molar-refractivity contribution < 1.29 is 12.8 Å². The molecular weight excluding hydrogens is 425 g/mol. The molecule has 1 aromatic carbocycles. The summed E-state index contributed by atoms with van der Waals surface area (Å²) < 4.78 is 41.8. The van der Waals surface area contributed by atoms with Gasteiger partial charge in [-0.1, -0.05) is 0 Å². The number of aromatic amines is 1. The van der Waals surface area contributed by atoms with Crippen molar-refractivity contribution in [3.63, 3.8) is 0 Å². The highest BCUT2D eigenvalue weighted by atomic mass is 32.2. The van der Waals surface area contributed by atoms with Crippen molar-refractivity contribution in [1.29, 1.82) is 0 Å². The van der Waals surface area contributed by atoms with Gasteiger partial charge >= 0.3 is 0 Å². The third-order valence-corrected chi connectivity index (χ3v) is 6.87. The summed E-state index contributed by atoms with van der Waals surface area (Å²) in [5.41, 5.74) is 0.807. The van der Waals surface area contributed by atoms with E-state index in [0.29, 0.717) is 19.0 Å². The zero-order valence-electron chi connectivity index (χ0n) is 17.3. The first kappa shape index (κ1) is 21.1. The Morgan fingerprint density at radius 2 is 1.84 bits per heavy atom. The normalized spacial score (nSPS) is 15.3. The molecule has 1 saturated heterocycles. The van der Waals surface area contributed by atoms with Crippen LogP contribution in [0.1, 0.15) is 5.69 Å². The van der Waals surface area contributed by atoms with Crippen molar-refractivity contribution in [3.8, 4) is 11.4 Å². The van der Waals surface area contributed by atoms with E-state index in [2.05, 4.69) is 30.6 Å². The van der Waals surface area contributed by atoms with E-state index in [0.717, 1.165) is 17.6 Å². The summed E-state index contributed by atoms with van der Waals surface area (Å²) in [5.74, 6) is 0.728. The molecule has 0 aliphatic carbocycles. The molecule has 3 heterocycles. The zero-order chi connectivity index (χ0) is 22.2. The van der Waals surface area contributed by atoms with Crippen molar-refractivity contribution in [3.05, 3.63) is 35.8 Å². The predicted molar refractivity (Wildman–Crippen MR) is 112 cm³/mol. The van der Waals surface area contributed by atoms with Gasteiger partial charge in [0.2, 0.25) is 21.8 Å². The Kier molecular flexibility index (Phi) is 5.54. The number of halogens is 1. The van der Waals surface area contributed by atoms with Crippen LogP contribution in [0.5, 0.6) is 0 Å². The van der Waals surface area contributed by atoms with Crippen LogP contribution in [0.4, 0.5) is 16.2 Å². The van der Waals surface area contributed by atoms with E-state index in [9.17, 15) is 12.8 Å². The first-order chi connectivity index (χ1) is 14.8. The van der Waals surface area contributed by atoms with E-state index >= 15 is 0 Å². The SMILES string of the molecule is Cc1cc(N(C)C)nc(N2CCN(S(=O)(=O)c3ccc(F)c(-c4nn[nH]n4)c3)CC2)n1. The Balaban J connectivity index is 1.53. The number of tetrazole rings is 1. The summed E-state index contributed by atoms with van der Waals surface area (Å²) in [7, 11) is -0.0142. The van der Waals surface area contributed by atoms with Gasteiger partial charge in [0, 0.05) is 52.0 Å². The molecule has 0 radical (unpaired) electrons. The molecule has 2 aromatic heterocycles. The monoisotopic (exact) mass is 447 g/mol. The second-order valence-corrected chi connectivity index (χ2v) is 9.27. The number of nitrogens with zero attached hydrogens (tertiary/aromatic N) is 8. The number of H-pyrrole nitrogens is 1. The van der Waals surface area contributed by atoms with Crippen molar-refractivity contribution in [2.75, 3.05) is 50.1 Å². The Labute approximate surface area is 179 Å². The van der Waals surface area contributed by atoms with Crippen molar-refractivity contribution in [2.24, 2.45) is 0 Å². The van der Waals surface area contributed by atoms with Crippen molar-refractivity contribution in [1.82, 2.24) is 34.9 Å². The lowest BCUT2D eigenvalue weighted by Crippen LogP contribution is -2.49. The van der Waals surface area contributed by atoms with Gasteiger partial charge in [-0.25, -0.2) is 17.8 Å². The van der Waals surface area contributed by atoms with E-state index in [1.54, 1.807) is 0 Å². The number of anilines is 2. The number of rotatable bonds is 5. The Bertz CT molecular complexity index is 1180. The molecule has 164 valence electrons. The number of piperazine rings is 1. The lowest BCUT2D eigenvalue weighted by molar-refractivity contribution is 0.382. The van der Waals surface area contributed by atoms with E-state index in [1.165, 1.54) is 16.4 Å². The zero-order valence-corrected chi connectivity index (χ0v) is 18.1. The third kappa shape index (κ3) is 4.18. The Morgan fingerprint density at radius 1 is 1.10 bits per heavy atom. The van der Waals surface area contributed by atoms with Crippen LogP contribution < -0.4 is 9.80 Å². The lowest BCUT2D eigenvalue weighted by atomic mass is 10.2. The van der Waals surface area contributed by atoms with Gasteiger partial charge in [0.05, 0.1) is 10.5 Å². The number of benzene rings is 1. The molecule has 1 aliphatic heterocycles. The molecule has 0 unspecified atom stereocenters. The first-order valence-corrected chi connectivity index (χ1v) is 11.0. The minimum atomic E-state index is -3.82. The van der Waals surface area contributed by atoms with Gasteiger partial charge in [-0.15, -0.1) is 10.2 Å². The summed E-state index contributed by atoms with van der Waals surface area (Å²) in [5, 5.41) is 13.1. The van der Waals surface area contributed by atoms with E-state index in [1.807, 2.05) is 36.9 Å². The minimum Gasteiger partial charge on any atom is -0.363 e. The highest BCUT2D eigenvalue weighted by molar-refractivity contribution is 7.89. The molecule has 13 heteroatoms. The summed E-state index contributed by atoms with van der Waals surface area (Å²) in [6.45, 7) is 3.29. The summed E-state index contributed by atoms with van der Waals surface area (Å²) in [6, 6.07) is 5.46. The predicted octanol–water partition coefficient (Wildman–Crippen LogP) is 0.681. The van der Waals surface area contributed by atoms with Crippen molar-refractivity contribution >= 4 is 21.8 Å². The molecule has 0 atom stereocenters. The largest absolute Gasteiger partial charge is 0.363 e. The minimum absolute atomic E-state index is 0.00679. The maximum atomic E-state index is 14.2. The van der Waals surface area contributed by atoms with E-state index < -0.39 is 15.8 Å². The summed E-state index contributed by atoms with van der Waals surface area (Å²) in [6.07, 6.45) is 0. The molecule has 31 heavy (non-hydrogen) atoms. The number of nitrogens with one attached hydrogen (secondary N) is 1. The second kappa shape index (κ2) is 8.15. The summed E-state index contributed by atoms with van der Waals surface area (Å²) in [4.78, 5) is 12.9. The molecule has 0 saturated carbocycles. The number of hydrogen-bond acceptors (Lipinski definition) is 9. The van der Waals surface area contributed by atoms with Crippen LogP contribution in [-0.2, 0) is 10.0 Å². The van der Waals surface area contributed by atoms with Gasteiger partial charge in [-0.2, -0.15) is 14.5 Å². The maximum Gasteiger partial charge on any atom is 0.243 e. The molecule has 1 N–H and O–H groups in total. The molecule has 1 aliphatic rings. The van der Waals surface area contributed by atoms with E-state index in [-0.39, 0.29) is 29.4 Å². The highest BCUT2D eigenvalue weighted by Gasteiger charge is 2.30. The van der Waals surface area contributed by atoms with Gasteiger partial charge in [-0.3, -0.25) is 0 Å². The van der Waals surface area contributed by atoms with Crippen LogP contribution >= 0.6 is 0 Å². The van der Waals surface area contributed by atoms with Crippen LogP contribution in [0.15, 0.2) is 29.2 Å². The summed E-state index contributed by atoms with van der Waals surface area (Å²) >= 11 is 0. The quantitative estimate of drug-likeness (QED) is 0.601. The van der Waals surface area contributed by atoms with Gasteiger partial charge in [0.25, 0.3) is 0 Å². The second-order valence-electron chi connectivity index (χ2n) is 7.33. The Morgan fingerprint density at radius 3 is 2.48 bits per heavy atom. The molecule has 4 rings (SSSR count).